The number of hydrogen-bond acceptors (Lipinski definition) is 4. The molecule has 0 fully saturated rings. The summed E-state index contributed by atoms with van der Waals surface area (Å²) in [4.78, 5) is 7.97. The fourth-order valence-electron chi connectivity index (χ4n) is 2.11. The summed E-state index contributed by atoms with van der Waals surface area (Å²) >= 11 is 18.3. The fourth-order valence-corrected chi connectivity index (χ4v) is 2.59. The first-order valence-corrected chi connectivity index (χ1v) is 8.80. The topological polar surface area (TPSA) is 40.3 Å². The Morgan fingerprint density at radius 3 is 2.62 bits per heavy atom. The third-order valence-corrected chi connectivity index (χ3v) is 4.13. The molecular formula is C19H17Cl3N4. The van der Waals surface area contributed by atoms with E-state index in [1.807, 2.05) is 37.3 Å². The van der Waals surface area contributed by atoms with Gasteiger partial charge in [-0.2, -0.15) is 10.1 Å². The van der Waals surface area contributed by atoms with Crippen LogP contribution in [0.4, 0.5) is 0 Å². The van der Waals surface area contributed by atoms with Crippen LogP contribution in [-0.4, -0.2) is 22.4 Å². The molecular weight excluding hydrogens is 391 g/mol. The van der Waals surface area contributed by atoms with Gasteiger partial charge in [0.2, 0.25) is 5.29 Å². The fraction of sp³-hybridized carbons (Fsp3) is 0.105. The first kappa shape index (κ1) is 20.2. The lowest BCUT2D eigenvalue weighted by Gasteiger charge is -2.20. The lowest BCUT2D eigenvalue weighted by atomic mass is 10.0. The van der Waals surface area contributed by atoms with Crippen molar-refractivity contribution in [1.29, 1.82) is 0 Å². The molecule has 0 aromatic heterocycles. The molecule has 1 aliphatic rings. The third-order valence-electron chi connectivity index (χ3n) is 3.42. The summed E-state index contributed by atoms with van der Waals surface area (Å²) in [5, 5.41) is 7.14. The Kier molecular flexibility index (Phi) is 7.39. The Morgan fingerprint density at radius 1 is 1.27 bits per heavy atom. The van der Waals surface area contributed by atoms with E-state index in [1.165, 1.54) is 11.3 Å². The summed E-state index contributed by atoms with van der Waals surface area (Å²) in [6.45, 7) is 9.43. The molecule has 0 bridgehead atoms. The molecule has 1 heterocycles. The Morgan fingerprint density at radius 2 is 2.00 bits per heavy atom. The van der Waals surface area contributed by atoms with Gasteiger partial charge in [-0.25, -0.2) is 9.98 Å². The molecule has 0 amide bonds. The predicted octanol–water partition coefficient (Wildman–Crippen LogP) is 6.10. The summed E-state index contributed by atoms with van der Waals surface area (Å²) in [5.41, 5.74) is 2.43. The van der Waals surface area contributed by atoms with E-state index in [0.29, 0.717) is 28.0 Å². The van der Waals surface area contributed by atoms with Crippen molar-refractivity contribution in [2.45, 2.75) is 13.3 Å². The number of hydrogen-bond donors (Lipinski definition) is 0. The Balaban J connectivity index is 2.46. The van der Waals surface area contributed by atoms with E-state index in [1.54, 1.807) is 12.1 Å². The molecule has 1 aromatic rings. The van der Waals surface area contributed by atoms with E-state index in [-0.39, 0.29) is 5.29 Å². The number of allylic oxidation sites excluding steroid dienone is 5. The zero-order valence-corrected chi connectivity index (χ0v) is 16.4. The molecule has 0 radical (unpaired) electrons. The van der Waals surface area contributed by atoms with Gasteiger partial charge >= 0.3 is 0 Å². The minimum Gasteiger partial charge on any atom is -0.218 e. The normalized spacial score (nSPS) is 15.6. The highest BCUT2D eigenvalue weighted by molar-refractivity contribution is 6.65. The molecule has 7 heteroatoms. The summed E-state index contributed by atoms with van der Waals surface area (Å²) in [6, 6.07) is 7.44. The second-order valence-electron chi connectivity index (χ2n) is 5.22. The minimum absolute atomic E-state index is 0.154. The Bertz CT molecular complexity index is 863. The smallest absolute Gasteiger partial charge is 0.218 e. The summed E-state index contributed by atoms with van der Waals surface area (Å²) in [7, 11) is 0. The number of benzene rings is 1. The van der Waals surface area contributed by atoms with E-state index < -0.39 is 0 Å². The van der Waals surface area contributed by atoms with Crippen LogP contribution in [0.5, 0.6) is 0 Å². The number of amidine groups is 1. The van der Waals surface area contributed by atoms with Crippen LogP contribution < -0.4 is 0 Å². The maximum absolute atomic E-state index is 6.38. The van der Waals surface area contributed by atoms with E-state index in [4.69, 9.17) is 34.8 Å². The highest BCUT2D eigenvalue weighted by Crippen LogP contribution is 2.23. The highest BCUT2D eigenvalue weighted by atomic mass is 35.5. The molecule has 0 unspecified atom stereocenters. The van der Waals surface area contributed by atoms with Crippen molar-refractivity contribution in [2.24, 2.45) is 15.1 Å². The van der Waals surface area contributed by atoms with E-state index in [0.717, 1.165) is 11.1 Å². The van der Waals surface area contributed by atoms with Crippen molar-refractivity contribution in [3.8, 4) is 0 Å². The number of rotatable bonds is 6. The zero-order chi connectivity index (χ0) is 19.1. The van der Waals surface area contributed by atoms with Gasteiger partial charge in [0.25, 0.3) is 0 Å². The van der Waals surface area contributed by atoms with E-state index >= 15 is 0 Å². The van der Waals surface area contributed by atoms with Crippen molar-refractivity contribution >= 4 is 52.1 Å². The predicted molar refractivity (Wildman–Crippen MR) is 113 cm³/mol. The molecule has 1 aliphatic heterocycles. The average Bonchev–Trinajstić information content (AvgIpc) is 2.60. The molecule has 1 aromatic carbocycles. The second-order valence-corrected chi connectivity index (χ2v) is 6.45. The molecule has 0 spiro atoms. The number of hydrazone groups is 1. The van der Waals surface area contributed by atoms with Crippen molar-refractivity contribution < 1.29 is 0 Å². The largest absolute Gasteiger partial charge is 0.227 e. The monoisotopic (exact) mass is 406 g/mol. The lowest BCUT2D eigenvalue weighted by Crippen LogP contribution is -2.24. The number of nitrogens with zero attached hydrogens (tertiary/aromatic N) is 4. The molecule has 0 atom stereocenters. The van der Waals surface area contributed by atoms with Crippen LogP contribution in [0.3, 0.4) is 0 Å². The van der Waals surface area contributed by atoms with Gasteiger partial charge < -0.3 is 0 Å². The SMILES string of the molecule is C=C(Cl)/C=C\C(=C/C)C/C(=N\N1C(=C)N=CN=C1Cl)c1ccccc1Cl. The molecule has 2 rings (SSSR count). The maximum atomic E-state index is 6.38. The maximum Gasteiger partial charge on any atom is 0.227 e. The molecule has 0 N–H and O–H groups in total. The van der Waals surface area contributed by atoms with Crippen LogP contribution in [0.2, 0.25) is 5.02 Å². The third kappa shape index (κ3) is 5.43. The van der Waals surface area contributed by atoms with E-state index in [2.05, 4.69) is 28.2 Å². The molecule has 0 saturated heterocycles. The minimum atomic E-state index is 0.154. The number of aliphatic imine (C=N–C) groups is 2. The van der Waals surface area contributed by atoms with Crippen LogP contribution in [0, 0.1) is 0 Å². The zero-order valence-electron chi connectivity index (χ0n) is 14.2. The molecule has 4 nitrogen and oxygen atoms in total. The van der Waals surface area contributed by atoms with Crippen molar-refractivity contribution in [3.63, 3.8) is 0 Å². The Hall–Kier alpha value is -2.14. The molecule has 0 aliphatic carbocycles. The van der Waals surface area contributed by atoms with Crippen molar-refractivity contribution in [2.75, 3.05) is 0 Å². The van der Waals surface area contributed by atoms with Crippen molar-refractivity contribution in [1.82, 2.24) is 5.01 Å². The molecule has 26 heavy (non-hydrogen) atoms. The van der Waals surface area contributed by atoms with Gasteiger partial charge in [-0.3, -0.25) is 0 Å². The Labute approximate surface area is 168 Å². The number of halogens is 3. The summed E-state index contributed by atoms with van der Waals surface area (Å²) in [5.74, 6) is 0.362. The van der Waals surface area contributed by atoms with Crippen molar-refractivity contribution in [3.05, 3.63) is 82.7 Å². The van der Waals surface area contributed by atoms with Crippen LogP contribution in [0.25, 0.3) is 0 Å². The highest BCUT2D eigenvalue weighted by Gasteiger charge is 2.18. The molecule has 134 valence electrons. The lowest BCUT2D eigenvalue weighted by molar-refractivity contribution is 0.551. The first-order chi connectivity index (χ1) is 12.4. The summed E-state index contributed by atoms with van der Waals surface area (Å²) < 4.78 is 0. The van der Waals surface area contributed by atoms with Gasteiger partial charge in [0.1, 0.15) is 6.34 Å². The van der Waals surface area contributed by atoms with Crippen LogP contribution in [-0.2, 0) is 0 Å². The van der Waals surface area contributed by atoms with Gasteiger partial charge in [-0.1, -0.05) is 66.7 Å². The van der Waals surface area contributed by atoms with Gasteiger partial charge in [-0.15, -0.1) is 0 Å². The van der Waals surface area contributed by atoms with Crippen LogP contribution >= 0.6 is 34.8 Å². The second kappa shape index (κ2) is 9.53. The summed E-state index contributed by atoms with van der Waals surface area (Å²) in [6.07, 6.45) is 7.37. The quantitative estimate of drug-likeness (QED) is 0.319. The van der Waals surface area contributed by atoms with Gasteiger partial charge in [-0.05, 0) is 36.2 Å². The first-order valence-electron chi connectivity index (χ1n) is 7.67. The van der Waals surface area contributed by atoms with E-state index in [9.17, 15) is 0 Å². The van der Waals surface area contributed by atoms with Crippen LogP contribution in [0.1, 0.15) is 18.9 Å². The van der Waals surface area contributed by atoms with Gasteiger partial charge in [0, 0.05) is 22.0 Å². The van der Waals surface area contributed by atoms with Gasteiger partial charge in [0.05, 0.1) is 5.71 Å². The standard InChI is InChI=1S/C19H17Cl3N4/c1-4-15(10-9-13(2)20)11-18(16-7-5-6-8-17(16)21)25-26-14(3)23-12-24-19(26)22/h4-10,12H,2-3,11H2,1H3/b10-9-,15-4+,25-18+. The molecule has 0 saturated carbocycles. The van der Waals surface area contributed by atoms with Gasteiger partial charge in [0.15, 0.2) is 5.82 Å². The average molecular weight is 408 g/mol. The van der Waals surface area contributed by atoms with Crippen LogP contribution in [0.15, 0.2) is 87.2 Å².